The van der Waals surface area contributed by atoms with Gasteiger partial charge in [0, 0.05) is 24.5 Å². The van der Waals surface area contributed by atoms with Crippen LogP contribution < -0.4 is 5.32 Å². The van der Waals surface area contributed by atoms with E-state index in [4.69, 9.17) is 0 Å². The number of aromatic amines is 1. The fraction of sp³-hybridized carbons (Fsp3) is 0.333. The molecule has 5 nitrogen and oxygen atoms in total. The second-order valence-corrected chi connectivity index (χ2v) is 5.64. The van der Waals surface area contributed by atoms with E-state index >= 15 is 0 Å². The van der Waals surface area contributed by atoms with Crippen LogP contribution in [0.5, 0.6) is 0 Å². The van der Waals surface area contributed by atoms with Crippen molar-refractivity contribution in [1.29, 1.82) is 0 Å². The summed E-state index contributed by atoms with van der Waals surface area (Å²) in [6, 6.07) is 7.77. The molecule has 6 heteroatoms. The maximum atomic E-state index is 11.7. The zero-order valence-corrected chi connectivity index (χ0v) is 12.7. The number of carbonyl (C=O) groups is 1. The van der Waals surface area contributed by atoms with Gasteiger partial charge in [0.25, 0.3) is 0 Å². The Morgan fingerprint density at radius 2 is 2.19 bits per heavy atom. The van der Waals surface area contributed by atoms with Crippen LogP contribution in [0.4, 0.5) is 0 Å². The molecule has 0 saturated carbocycles. The summed E-state index contributed by atoms with van der Waals surface area (Å²) in [5.41, 5.74) is 1.98. The minimum Gasteiger partial charge on any atom is -0.383 e. The van der Waals surface area contributed by atoms with Gasteiger partial charge in [0.1, 0.15) is 11.9 Å². The van der Waals surface area contributed by atoms with E-state index in [2.05, 4.69) is 15.3 Å². The van der Waals surface area contributed by atoms with Gasteiger partial charge in [0.15, 0.2) is 0 Å². The highest BCUT2D eigenvalue weighted by Gasteiger charge is 2.13. The molecule has 3 N–H and O–H groups in total. The van der Waals surface area contributed by atoms with Crippen molar-refractivity contribution < 1.29 is 9.90 Å². The van der Waals surface area contributed by atoms with Gasteiger partial charge in [-0.2, -0.15) is 11.8 Å². The topological polar surface area (TPSA) is 78.0 Å². The molecule has 1 atom stereocenters. The largest absolute Gasteiger partial charge is 0.383 e. The van der Waals surface area contributed by atoms with Gasteiger partial charge in [-0.1, -0.05) is 24.3 Å². The van der Waals surface area contributed by atoms with Crippen molar-refractivity contribution in [1.82, 2.24) is 15.3 Å². The Bertz CT molecular complexity index is 555. The first kappa shape index (κ1) is 15.6. The fourth-order valence-corrected chi connectivity index (χ4v) is 2.33. The van der Waals surface area contributed by atoms with Crippen molar-refractivity contribution in [2.45, 2.75) is 19.1 Å². The van der Waals surface area contributed by atoms with Crippen molar-refractivity contribution in [2.24, 2.45) is 0 Å². The molecular formula is C15H19N3O2S. The molecule has 2 rings (SSSR count). The van der Waals surface area contributed by atoms with Gasteiger partial charge in [0.2, 0.25) is 5.91 Å². The van der Waals surface area contributed by atoms with Crippen LogP contribution in [0.1, 0.15) is 12.0 Å². The van der Waals surface area contributed by atoms with E-state index in [0.29, 0.717) is 13.0 Å². The standard InChI is InChI=1S/C15H19N3O2S/c1-21-9-6-13(19)15(20)18-10-11-2-4-12(5-3-11)14-16-7-8-17-14/h2-5,7-8,13,19H,6,9-10H2,1H3,(H,16,17)(H,18,20). The van der Waals surface area contributed by atoms with Gasteiger partial charge in [-0.25, -0.2) is 4.98 Å². The maximum absolute atomic E-state index is 11.7. The zero-order valence-electron chi connectivity index (χ0n) is 11.9. The summed E-state index contributed by atoms with van der Waals surface area (Å²) in [4.78, 5) is 18.9. The zero-order chi connectivity index (χ0) is 15.1. The number of aliphatic hydroxyl groups excluding tert-OH is 1. The number of hydrogen-bond acceptors (Lipinski definition) is 4. The number of aliphatic hydroxyl groups is 1. The molecule has 112 valence electrons. The van der Waals surface area contributed by atoms with E-state index in [1.54, 1.807) is 24.2 Å². The molecule has 0 fully saturated rings. The molecule has 0 spiro atoms. The molecule has 0 aliphatic rings. The van der Waals surface area contributed by atoms with Crippen LogP contribution in [0, 0.1) is 0 Å². The normalized spacial score (nSPS) is 12.1. The number of amides is 1. The number of imidazole rings is 1. The van der Waals surface area contributed by atoms with Crippen LogP contribution in [0.15, 0.2) is 36.7 Å². The van der Waals surface area contributed by atoms with Crippen molar-refractivity contribution in [3.05, 3.63) is 42.2 Å². The summed E-state index contributed by atoms with van der Waals surface area (Å²) < 4.78 is 0. The van der Waals surface area contributed by atoms with Gasteiger partial charge in [-0.3, -0.25) is 4.79 Å². The highest BCUT2D eigenvalue weighted by molar-refractivity contribution is 7.98. The average molecular weight is 305 g/mol. The first-order valence-electron chi connectivity index (χ1n) is 6.74. The average Bonchev–Trinajstić information content (AvgIpc) is 3.05. The molecule has 1 unspecified atom stereocenters. The van der Waals surface area contributed by atoms with Crippen LogP contribution in [0.25, 0.3) is 11.4 Å². The molecule has 1 aromatic carbocycles. The lowest BCUT2D eigenvalue weighted by Crippen LogP contribution is -2.34. The van der Waals surface area contributed by atoms with Crippen LogP contribution in [0.2, 0.25) is 0 Å². The van der Waals surface area contributed by atoms with Crippen LogP contribution >= 0.6 is 11.8 Å². The molecule has 0 aliphatic heterocycles. The quantitative estimate of drug-likeness (QED) is 0.729. The number of thioether (sulfide) groups is 1. The summed E-state index contributed by atoms with van der Waals surface area (Å²) >= 11 is 1.61. The van der Waals surface area contributed by atoms with Gasteiger partial charge in [0.05, 0.1) is 0 Å². The third kappa shape index (κ3) is 4.61. The van der Waals surface area contributed by atoms with Crippen LogP contribution in [-0.4, -0.2) is 39.1 Å². The number of carbonyl (C=O) groups excluding carboxylic acids is 1. The number of hydrogen-bond donors (Lipinski definition) is 3. The Hall–Kier alpha value is -1.79. The van der Waals surface area contributed by atoms with Gasteiger partial charge in [-0.15, -0.1) is 0 Å². The first-order chi connectivity index (χ1) is 10.2. The molecule has 1 amide bonds. The van der Waals surface area contributed by atoms with E-state index in [9.17, 15) is 9.90 Å². The fourth-order valence-electron chi connectivity index (χ4n) is 1.87. The summed E-state index contributed by atoms with van der Waals surface area (Å²) in [6.07, 6.45) is 4.98. The molecule has 0 saturated heterocycles. The third-order valence-corrected chi connectivity index (χ3v) is 3.73. The van der Waals surface area contributed by atoms with Gasteiger partial charge < -0.3 is 15.4 Å². The highest BCUT2D eigenvalue weighted by Crippen LogP contribution is 2.15. The van der Waals surface area contributed by atoms with Crippen molar-refractivity contribution in [2.75, 3.05) is 12.0 Å². The number of nitrogens with zero attached hydrogens (tertiary/aromatic N) is 1. The Morgan fingerprint density at radius 1 is 1.43 bits per heavy atom. The number of aromatic nitrogens is 2. The molecular weight excluding hydrogens is 286 g/mol. The lowest BCUT2D eigenvalue weighted by atomic mass is 10.1. The van der Waals surface area contributed by atoms with E-state index in [0.717, 1.165) is 22.7 Å². The van der Waals surface area contributed by atoms with E-state index in [1.807, 2.05) is 30.5 Å². The van der Waals surface area contributed by atoms with E-state index in [1.165, 1.54) is 0 Å². The summed E-state index contributed by atoms with van der Waals surface area (Å²) in [7, 11) is 0. The predicted molar refractivity (Wildman–Crippen MR) is 84.9 cm³/mol. The smallest absolute Gasteiger partial charge is 0.249 e. The van der Waals surface area contributed by atoms with Gasteiger partial charge >= 0.3 is 0 Å². The Balaban J connectivity index is 1.85. The molecule has 21 heavy (non-hydrogen) atoms. The molecule has 1 heterocycles. The monoisotopic (exact) mass is 305 g/mol. The lowest BCUT2D eigenvalue weighted by molar-refractivity contribution is -0.129. The van der Waals surface area contributed by atoms with Crippen LogP contribution in [0.3, 0.4) is 0 Å². The highest BCUT2D eigenvalue weighted by atomic mass is 32.2. The Morgan fingerprint density at radius 3 is 2.81 bits per heavy atom. The second-order valence-electron chi connectivity index (χ2n) is 4.65. The van der Waals surface area contributed by atoms with E-state index < -0.39 is 6.10 Å². The molecule has 2 aromatic rings. The minimum absolute atomic E-state index is 0.320. The number of rotatable bonds is 7. The summed E-state index contributed by atoms with van der Waals surface area (Å²) in [6.45, 7) is 0.410. The van der Waals surface area contributed by atoms with Crippen molar-refractivity contribution >= 4 is 17.7 Å². The van der Waals surface area contributed by atoms with Crippen molar-refractivity contribution in [3.8, 4) is 11.4 Å². The SMILES string of the molecule is CSCCC(O)C(=O)NCc1ccc(-c2ncc[nH]2)cc1. The number of nitrogens with one attached hydrogen (secondary N) is 2. The molecule has 0 aliphatic carbocycles. The number of H-pyrrole nitrogens is 1. The maximum Gasteiger partial charge on any atom is 0.249 e. The van der Waals surface area contributed by atoms with Gasteiger partial charge in [-0.05, 0) is 24.0 Å². The Labute approximate surface area is 128 Å². The summed E-state index contributed by atoms with van der Waals surface area (Å²) in [5, 5.41) is 12.4. The summed E-state index contributed by atoms with van der Waals surface area (Å²) in [5.74, 6) is 1.27. The molecule has 0 bridgehead atoms. The predicted octanol–water partition coefficient (Wildman–Crippen LogP) is 1.81. The number of benzene rings is 1. The van der Waals surface area contributed by atoms with Crippen LogP contribution in [-0.2, 0) is 11.3 Å². The molecule has 1 aromatic heterocycles. The first-order valence-corrected chi connectivity index (χ1v) is 8.13. The minimum atomic E-state index is -0.931. The Kier molecular flexibility index (Phi) is 5.83. The third-order valence-electron chi connectivity index (χ3n) is 3.09. The second kappa shape index (κ2) is 7.85. The molecule has 0 radical (unpaired) electrons. The van der Waals surface area contributed by atoms with Crippen molar-refractivity contribution in [3.63, 3.8) is 0 Å². The lowest BCUT2D eigenvalue weighted by Gasteiger charge is -2.11. The van der Waals surface area contributed by atoms with E-state index in [-0.39, 0.29) is 5.91 Å².